The van der Waals surface area contributed by atoms with Crippen molar-refractivity contribution in [2.75, 3.05) is 23.5 Å². The number of anilines is 2. The van der Waals surface area contributed by atoms with Gasteiger partial charge in [-0.3, -0.25) is 4.79 Å². The third-order valence-corrected chi connectivity index (χ3v) is 14.1. The van der Waals surface area contributed by atoms with E-state index in [0.717, 1.165) is 5.56 Å². The Morgan fingerprint density at radius 1 is 1.08 bits per heavy atom. The van der Waals surface area contributed by atoms with Crippen LogP contribution in [0.15, 0.2) is 49.1 Å². The summed E-state index contributed by atoms with van der Waals surface area (Å²) in [5.41, 5.74) is 2.93. The lowest BCUT2D eigenvalue weighted by Crippen LogP contribution is -2.52. The summed E-state index contributed by atoms with van der Waals surface area (Å²) in [5, 5.41) is 11.7. The first-order valence-electron chi connectivity index (χ1n) is 13.6. The molecule has 39 heavy (non-hydrogen) atoms. The zero-order valence-corrected chi connectivity index (χ0v) is 24.9. The van der Waals surface area contributed by atoms with Crippen molar-refractivity contribution in [1.29, 1.82) is 0 Å². The van der Waals surface area contributed by atoms with Crippen LogP contribution in [0.5, 0.6) is 11.5 Å². The van der Waals surface area contributed by atoms with Crippen molar-refractivity contribution in [1.82, 2.24) is 0 Å². The second-order valence-electron chi connectivity index (χ2n) is 11.2. The van der Waals surface area contributed by atoms with Gasteiger partial charge in [0.05, 0.1) is 24.4 Å². The lowest BCUT2D eigenvalue weighted by atomic mass is 10.1. The first-order chi connectivity index (χ1) is 18.5. The van der Waals surface area contributed by atoms with Crippen LogP contribution in [0.2, 0.25) is 16.6 Å². The fourth-order valence-electron chi connectivity index (χ4n) is 6.47. The number of benzene rings is 2. The molecule has 4 rings (SSSR count). The number of nitrogens with zero attached hydrogens (tertiary/aromatic N) is 2. The van der Waals surface area contributed by atoms with Gasteiger partial charge in [-0.1, -0.05) is 72.4 Å². The van der Waals surface area contributed by atoms with E-state index in [0.29, 0.717) is 23.6 Å². The second kappa shape index (κ2) is 11.1. The Hall–Kier alpha value is -3.30. The van der Waals surface area contributed by atoms with E-state index in [9.17, 15) is 14.7 Å². The van der Waals surface area contributed by atoms with E-state index < -0.39 is 26.7 Å². The lowest BCUT2D eigenvalue weighted by molar-refractivity contribution is 0.0916. The summed E-state index contributed by atoms with van der Waals surface area (Å²) in [7, 11) is -0.894. The monoisotopic (exact) mass is 552 g/mol. The third-order valence-electron chi connectivity index (χ3n) is 8.13. The van der Waals surface area contributed by atoms with Gasteiger partial charge in [0.2, 0.25) is 0 Å². The number of para-hydroxylation sites is 1. The molecule has 0 saturated carbocycles. The number of ether oxygens (including phenoxy) is 2. The van der Waals surface area contributed by atoms with Gasteiger partial charge in [-0.25, -0.2) is 9.69 Å². The molecule has 2 aromatic rings. The maximum Gasteiger partial charge on any atom is 0.416 e. The number of amides is 2. The van der Waals surface area contributed by atoms with Gasteiger partial charge in [0, 0.05) is 11.8 Å². The topological polar surface area (TPSA) is 88.5 Å². The molecule has 2 aromatic carbocycles. The van der Waals surface area contributed by atoms with Gasteiger partial charge < -0.3 is 23.9 Å². The summed E-state index contributed by atoms with van der Waals surface area (Å²) in [6, 6.07) is 10.1. The maximum absolute atomic E-state index is 14.1. The number of hydrogen-bond acceptors (Lipinski definition) is 6. The Morgan fingerprint density at radius 3 is 2.31 bits per heavy atom. The highest BCUT2D eigenvalue weighted by Gasteiger charge is 2.50. The smallest absolute Gasteiger partial charge is 0.416 e. The second-order valence-corrected chi connectivity index (χ2v) is 16.5. The molecule has 0 radical (unpaired) electrons. The number of aliphatic hydroxyl groups excluding tert-OH is 1. The van der Waals surface area contributed by atoms with E-state index >= 15 is 0 Å². The molecule has 8 nitrogen and oxygen atoms in total. The molecule has 0 spiro atoms. The summed E-state index contributed by atoms with van der Waals surface area (Å²) in [4.78, 5) is 30.3. The molecule has 210 valence electrons. The molecule has 2 amide bonds. The van der Waals surface area contributed by atoms with E-state index in [2.05, 4.69) is 48.1 Å². The van der Waals surface area contributed by atoms with Gasteiger partial charge in [0.1, 0.15) is 12.4 Å². The van der Waals surface area contributed by atoms with Crippen LogP contribution in [0.4, 0.5) is 16.2 Å². The molecule has 0 fully saturated rings. The van der Waals surface area contributed by atoms with Crippen molar-refractivity contribution in [3.63, 3.8) is 0 Å². The Balaban J connectivity index is 1.94. The number of aliphatic hydroxyl groups is 1. The molecule has 2 aliphatic rings. The van der Waals surface area contributed by atoms with E-state index in [4.69, 9.17) is 13.9 Å². The number of carbonyl (C=O) groups is 2. The van der Waals surface area contributed by atoms with Crippen LogP contribution in [0, 0.1) is 0 Å². The van der Waals surface area contributed by atoms with Gasteiger partial charge in [-0.2, -0.15) is 0 Å². The van der Waals surface area contributed by atoms with Crippen molar-refractivity contribution >= 4 is 31.7 Å². The highest BCUT2D eigenvalue weighted by Crippen LogP contribution is 2.48. The fraction of sp³-hybridized carbons (Fsp3) is 0.467. The van der Waals surface area contributed by atoms with Crippen molar-refractivity contribution in [2.45, 2.75) is 76.9 Å². The third kappa shape index (κ3) is 4.72. The number of carbonyl (C=O) groups excluding carboxylic acids is 2. The summed E-state index contributed by atoms with van der Waals surface area (Å²) < 4.78 is 18.1. The summed E-state index contributed by atoms with van der Waals surface area (Å²) in [6.07, 6.45) is -0.274. The first kappa shape index (κ1) is 28.7. The molecule has 2 aliphatic heterocycles. The summed E-state index contributed by atoms with van der Waals surface area (Å²) in [6.45, 7) is 16.7. The van der Waals surface area contributed by atoms with Crippen molar-refractivity contribution < 1.29 is 28.6 Å². The molecular weight excluding hydrogens is 512 g/mol. The Bertz CT molecular complexity index is 1240. The molecular formula is C30H40N2O6Si. The van der Waals surface area contributed by atoms with Gasteiger partial charge in [0.25, 0.3) is 14.2 Å². The first-order valence-corrected chi connectivity index (χ1v) is 15.7. The van der Waals surface area contributed by atoms with Gasteiger partial charge in [-0.15, -0.1) is 0 Å². The van der Waals surface area contributed by atoms with Crippen LogP contribution in [-0.4, -0.2) is 51.4 Å². The van der Waals surface area contributed by atoms with Crippen LogP contribution >= 0.6 is 0 Å². The Labute approximate surface area is 232 Å². The zero-order valence-electron chi connectivity index (χ0n) is 23.9. The highest BCUT2D eigenvalue weighted by molar-refractivity contribution is 6.78. The number of methoxy groups -OCH3 is 1. The summed E-state index contributed by atoms with van der Waals surface area (Å²) >= 11 is 0. The van der Waals surface area contributed by atoms with Crippen LogP contribution in [0.3, 0.4) is 0 Å². The molecule has 9 heteroatoms. The standard InChI is InChI=1S/C30H40N2O6Si/c1-9-14-37-30(35)32-24-17-27(38-39(18(2)3,19(4)5)20(6)7)26(36-8)16-22(24)28(33)31-23-13-11-10-12-21(23)15-25(31)29(32)34/h9-13,16-20,25,29,34H,1,14-15H2,2-8H3/t25-,29?/m0/s1. The van der Waals surface area contributed by atoms with E-state index in [-0.39, 0.29) is 40.4 Å². The van der Waals surface area contributed by atoms with Gasteiger partial charge in [0.15, 0.2) is 12.0 Å². The maximum atomic E-state index is 14.1. The van der Waals surface area contributed by atoms with E-state index in [1.54, 1.807) is 17.0 Å². The largest absolute Gasteiger partial charge is 0.540 e. The van der Waals surface area contributed by atoms with Crippen molar-refractivity contribution in [3.05, 3.63) is 60.2 Å². The van der Waals surface area contributed by atoms with E-state index in [1.165, 1.54) is 18.1 Å². The van der Waals surface area contributed by atoms with Crippen molar-refractivity contribution in [2.24, 2.45) is 0 Å². The molecule has 1 unspecified atom stereocenters. The average molecular weight is 553 g/mol. The number of hydrogen-bond donors (Lipinski definition) is 1. The lowest BCUT2D eigenvalue weighted by Gasteiger charge is -2.42. The predicted molar refractivity (Wildman–Crippen MR) is 155 cm³/mol. The number of fused-ring (bicyclic) bond motifs is 4. The predicted octanol–water partition coefficient (Wildman–Crippen LogP) is 6.28. The van der Waals surface area contributed by atoms with Crippen LogP contribution in [0.1, 0.15) is 57.5 Å². The van der Waals surface area contributed by atoms with Crippen LogP contribution < -0.4 is 19.0 Å². The quantitative estimate of drug-likeness (QED) is 0.306. The highest BCUT2D eigenvalue weighted by atomic mass is 28.4. The number of rotatable bonds is 8. The minimum atomic E-state index is -2.43. The zero-order chi connectivity index (χ0) is 28.6. The molecule has 1 N–H and O–H groups in total. The molecule has 2 heterocycles. The molecule has 0 saturated heterocycles. The Kier molecular flexibility index (Phi) is 8.14. The minimum Gasteiger partial charge on any atom is -0.540 e. The average Bonchev–Trinajstić information content (AvgIpc) is 3.25. The molecule has 0 aliphatic carbocycles. The van der Waals surface area contributed by atoms with Crippen LogP contribution in [-0.2, 0) is 11.2 Å². The SMILES string of the molecule is C=CCOC(=O)N1c2cc(O[Si](C(C)C)(C(C)C)C(C)C)c(OC)cc2C(=O)N2c3ccccc3C[C@H]2C1O. The van der Waals surface area contributed by atoms with Gasteiger partial charge in [-0.05, 0) is 40.7 Å². The Morgan fingerprint density at radius 2 is 1.72 bits per heavy atom. The minimum absolute atomic E-state index is 0.0382. The van der Waals surface area contributed by atoms with E-state index in [1.807, 2.05) is 24.3 Å². The molecule has 0 aromatic heterocycles. The van der Waals surface area contributed by atoms with Crippen LogP contribution in [0.25, 0.3) is 0 Å². The van der Waals surface area contributed by atoms with Crippen molar-refractivity contribution in [3.8, 4) is 11.5 Å². The summed E-state index contributed by atoms with van der Waals surface area (Å²) in [5.74, 6) is 0.520. The fourth-order valence-corrected chi connectivity index (χ4v) is 11.7. The molecule has 0 bridgehead atoms. The molecule has 2 atom stereocenters. The van der Waals surface area contributed by atoms with Gasteiger partial charge >= 0.3 is 6.09 Å². The normalized spacial score (nSPS) is 18.6.